The van der Waals surface area contributed by atoms with E-state index < -0.39 is 5.54 Å². The summed E-state index contributed by atoms with van der Waals surface area (Å²) in [5.41, 5.74) is 2.13. The molecule has 0 aromatic heterocycles. The highest BCUT2D eigenvalue weighted by atomic mass is 32.2. The molecule has 2 unspecified atom stereocenters. The Morgan fingerprint density at radius 3 is 2.76 bits per heavy atom. The number of likely N-dealkylation sites (N-methyl/N-ethyl adjacent to an activating group) is 1. The summed E-state index contributed by atoms with van der Waals surface area (Å²) in [5, 5.41) is 3.67. The zero-order valence-electron chi connectivity index (χ0n) is 13.4. The van der Waals surface area contributed by atoms with E-state index in [9.17, 15) is 4.79 Å². The van der Waals surface area contributed by atoms with Gasteiger partial charge in [0.1, 0.15) is 5.54 Å². The molecular formula is C17H25NO2S. The van der Waals surface area contributed by atoms with Crippen molar-refractivity contribution in [2.45, 2.75) is 55.2 Å². The molecule has 1 aromatic carbocycles. The molecule has 0 spiro atoms. The molecule has 0 bridgehead atoms. The molecule has 0 aliphatic heterocycles. The van der Waals surface area contributed by atoms with E-state index in [1.54, 1.807) is 0 Å². The number of carbonyl (C=O) groups is 1. The number of hydrogen-bond acceptors (Lipinski definition) is 4. The van der Waals surface area contributed by atoms with Crippen molar-refractivity contribution in [1.29, 1.82) is 0 Å². The largest absolute Gasteiger partial charge is 0.468 e. The van der Waals surface area contributed by atoms with Crippen LogP contribution in [0.3, 0.4) is 0 Å². The Morgan fingerprint density at radius 1 is 1.38 bits per heavy atom. The average molecular weight is 307 g/mol. The summed E-state index contributed by atoms with van der Waals surface area (Å²) in [6.45, 7) is 4.28. The van der Waals surface area contributed by atoms with Crippen LogP contribution in [-0.4, -0.2) is 30.9 Å². The summed E-state index contributed by atoms with van der Waals surface area (Å²) in [4.78, 5) is 13.4. The standard InChI is InChI=1S/C17H25NO2S/c1-12-7-8-14(10-13(12)2)21-15-6-5-9-17(11-15,18-3)16(19)20-4/h7-8,10,15,18H,5-6,9,11H2,1-4H3. The third-order valence-corrected chi connectivity index (χ3v) is 5.80. The minimum Gasteiger partial charge on any atom is -0.468 e. The third-order valence-electron chi connectivity index (χ3n) is 4.54. The fourth-order valence-corrected chi connectivity index (χ4v) is 4.44. The van der Waals surface area contributed by atoms with Crippen LogP contribution in [0.15, 0.2) is 23.1 Å². The Balaban J connectivity index is 2.10. The Labute approximate surface area is 131 Å². The Bertz CT molecular complexity index is 518. The number of hydrogen-bond donors (Lipinski definition) is 1. The number of thioether (sulfide) groups is 1. The van der Waals surface area contributed by atoms with Gasteiger partial charge in [-0.3, -0.25) is 4.79 Å². The highest BCUT2D eigenvalue weighted by molar-refractivity contribution is 8.00. The average Bonchev–Trinajstić information content (AvgIpc) is 2.50. The van der Waals surface area contributed by atoms with Crippen LogP contribution in [0, 0.1) is 13.8 Å². The second-order valence-electron chi connectivity index (χ2n) is 5.91. The van der Waals surface area contributed by atoms with Gasteiger partial charge in [0.15, 0.2) is 0 Å². The van der Waals surface area contributed by atoms with Crippen molar-refractivity contribution in [2.75, 3.05) is 14.2 Å². The molecule has 1 aromatic rings. The van der Waals surface area contributed by atoms with E-state index >= 15 is 0 Å². The highest BCUT2D eigenvalue weighted by Gasteiger charge is 2.42. The van der Waals surface area contributed by atoms with E-state index in [-0.39, 0.29) is 5.97 Å². The van der Waals surface area contributed by atoms with Gasteiger partial charge in [-0.1, -0.05) is 6.07 Å². The van der Waals surface area contributed by atoms with Crippen LogP contribution in [0.5, 0.6) is 0 Å². The van der Waals surface area contributed by atoms with Gasteiger partial charge < -0.3 is 10.1 Å². The minimum absolute atomic E-state index is 0.129. The number of esters is 1. The van der Waals surface area contributed by atoms with Crippen LogP contribution in [0.4, 0.5) is 0 Å². The van der Waals surface area contributed by atoms with Gasteiger partial charge in [-0.2, -0.15) is 0 Å². The number of rotatable bonds is 4. The molecule has 1 aliphatic carbocycles. The molecular weight excluding hydrogens is 282 g/mol. The van der Waals surface area contributed by atoms with E-state index in [2.05, 4.69) is 37.4 Å². The highest BCUT2D eigenvalue weighted by Crippen LogP contribution is 2.39. The molecule has 0 radical (unpaired) electrons. The normalized spacial score (nSPS) is 25.6. The van der Waals surface area contributed by atoms with E-state index in [1.165, 1.54) is 23.1 Å². The number of benzene rings is 1. The molecule has 1 aliphatic rings. The second kappa shape index (κ2) is 6.84. The van der Waals surface area contributed by atoms with Gasteiger partial charge in [-0.05, 0) is 69.8 Å². The van der Waals surface area contributed by atoms with Crippen LogP contribution >= 0.6 is 11.8 Å². The molecule has 1 saturated carbocycles. The van der Waals surface area contributed by atoms with Gasteiger partial charge >= 0.3 is 5.97 Å². The SMILES string of the molecule is CNC1(C(=O)OC)CCCC(Sc2ccc(C)c(C)c2)C1. The van der Waals surface area contributed by atoms with E-state index in [1.807, 2.05) is 18.8 Å². The predicted molar refractivity (Wildman–Crippen MR) is 87.8 cm³/mol. The molecule has 1 N–H and O–H groups in total. The first kappa shape index (κ1) is 16.4. The van der Waals surface area contributed by atoms with E-state index in [0.29, 0.717) is 5.25 Å². The molecule has 0 saturated heterocycles. The predicted octanol–water partition coefficient (Wildman–Crippen LogP) is 3.47. The first-order valence-corrected chi connectivity index (χ1v) is 8.40. The fraction of sp³-hybridized carbons (Fsp3) is 0.588. The van der Waals surface area contributed by atoms with Crippen molar-refractivity contribution in [3.05, 3.63) is 29.3 Å². The Morgan fingerprint density at radius 2 is 2.14 bits per heavy atom. The second-order valence-corrected chi connectivity index (χ2v) is 7.28. The molecule has 1 fully saturated rings. The summed E-state index contributed by atoms with van der Waals surface area (Å²) in [6, 6.07) is 6.60. The van der Waals surface area contributed by atoms with Gasteiger partial charge in [-0.15, -0.1) is 11.8 Å². The lowest BCUT2D eigenvalue weighted by Crippen LogP contribution is -2.54. The molecule has 21 heavy (non-hydrogen) atoms. The topological polar surface area (TPSA) is 38.3 Å². The lowest BCUT2D eigenvalue weighted by Gasteiger charge is -2.38. The van der Waals surface area contributed by atoms with Crippen LogP contribution in [0.2, 0.25) is 0 Å². The first-order valence-electron chi connectivity index (χ1n) is 7.52. The maximum Gasteiger partial charge on any atom is 0.326 e. The lowest BCUT2D eigenvalue weighted by molar-refractivity contribution is -0.149. The molecule has 3 nitrogen and oxygen atoms in total. The zero-order valence-corrected chi connectivity index (χ0v) is 14.2. The smallest absolute Gasteiger partial charge is 0.326 e. The van der Waals surface area contributed by atoms with Crippen LogP contribution in [0.1, 0.15) is 36.8 Å². The molecule has 2 rings (SSSR count). The molecule has 0 amide bonds. The zero-order chi connectivity index (χ0) is 15.5. The maximum atomic E-state index is 12.1. The number of nitrogens with one attached hydrogen (secondary N) is 1. The quantitative estimate of drug-likeness (QED) is 0.865. The number of methoxy groups -OCH3 is 1. The van der Waals surface area contributed by atoms with Crippen LogP contribution in [-0.2, 0) is 9.53 Å². The third kappa shape index (κ3) is 3.61. The summed E-state index contributed by atoms with van der Waals surface area (Å²) in [5.74, 6) is -0.129. The van der Waals surface area contributed by atoms with Gasteiger partial charge in [0, 0.05) is 10.1 Å². The monoisotopic (exact) mass is 307 g/mol. The summed E-state index contributed by atoms with van der Waals surface area (Å²) < 4.78 is 5.01. The fourth-order valence-electron chi connectivity index (χ4n) is 3.01. The molecule has 116 valence electrons. The minimum atomic E-state index is -0.510. The van der Waals surface area contributed by atoms with Gasteiger partial charge in [0.25, 0.3) is 0 Å². The molecule has 2 atom stereocenters. The number of aryl methyl sites for hydroxylation is 2. The van der Waals surface area contributed by atoms with Crippen molar-refractivity contribution >= 4 is 17.7 Å². The van der Waals surface area contributed by atoms with Crippen molar-refractivity contribution in [2.24, 2.45) is 0 Å². The van der Waals surface area contributed by atoms with Crippen molar-refractivity contribution in [3.63, 3.8) is 0 Å². The van der Waals surface area contributed by atoms with Crippen LogP contribution < -0.4 is 5.32 Å². The Hall–Kier alpha value is -1.00. The summed E-state index contributed by atoms with van der Waals surface area (Å²) in [7, 11) is 3.33. The molecule has 4 heteroatoms. The van der Waals surface area contributed by atoms with Crippen molar-refractivity contribution in [3.8, 4) is 0 Å². The lowest BCUT2D eigenvalue weighted by atomic mass is 9.81. The van der Waals surface area contributed by atoms with Crippen LogP contribution in [0.25, 0.3) is 0 Å². The van der Waals surface area contributed by atoms with Gasteiger partial charge in [-0.25, -0.2) is 0 Å². The van der Waals surface area contributed by atoms with E-state index in [0.717, 1.165) is 25.7 Å². The van der Waals surface area contributed by atoms with E-state index in [4.69, 9.17) is 4.74 Å². The maximum absolute atomic E-state index is 12.1. The molecule has 0 heterocycles. The summed E-state index contributed by atoms with van der Waals surface area (Å²) in [6.07, 6.45) is 3.89. The first-order chi connectivity index (χ1) is 10.0. The van der Waals surface area contributed by atoms with Gasteiger partial charge in [0.2, 0.25) is 0 Å². The van der Waals surface area contributed by atoms with Crippen molar-refractivity contribution < 1.29 is 9.53 Å². The Kier molecular flexibility index (Phi) is 5.33. The number of ether oxygens (including phenoxy) is 1. The number of carbonyl (C=O) groups excluding carboxylic acids is 1. The van der Waals surface area contributed by atoms with Gasteiger partial charge in [0.05, 0.1) is 7.11 Å². The summed E-state index contributed by atoms with van der Waals surface area (Å²) >= 11 is 1.89. The van der Waals surface area contributed by atoms with Crippen molar-refractivity contribution in [1.82, 2.24) is 5.32 Å².